The average Bonchev–Trinajstić information content (AvgIpc) is 2.29. The fourth-order valence-electron chi connectivity index (χ4n) is 1.01. The van der Waals surface area contributed by atoms with Crippen LogP contribution < -0.4 is 0 Å². The van der Waals surface area contributed by atoms with Crippen molar-refractivity contribution < 1.29 is 0 Å². The minimum absolute atomic E-state index is 0.693. The van der Waals surface area contributed by atoms with Crippen LogP contribution >= 0.6 is 0 Å². The lowest BCUT2D eigenvalue weighted by atomic mass is 10.4. The van der Waals surface area contributed by atoms with Gasteiger partial charge in [-0.2, -0.15) is 0 Å². The van der Waals surface area contributed by atoms with Crippen LogP contribution in [0.4, 0.5) is 5.82 Å². The molecule has 0 aliphatic carbocycles. The molecule has 0 radical (unpaired) electrons. The summed E-state index contributed by atoms with van der Waals surface area (Å²) in [6.07, 6.45) is 5.15. The van der Waals surface area contributed by atoms with E-state index in [4.69, 9.17) is 0 Å². The third kappa shape index (κ3) is 2.23. The predicted molar refractivity (Wildman–Crippen MR) is 55.7 cm³/mol. The second kappa shape index (κ2) is 4.28. The Hall–Kier alpha value is -2.03. The molecule has 3 heteroatoms. The van der Waals surface area contributed by atoms with Gasteiger partial charge < -0.3 is 0 Å². The van der Waals surface area contributed by atoms with Crippen LogP contribution in [-0.4, -0.2) is 16.2 Å². The molecule has 0 atom stereocenters. The van der Waals surface area contributed by atoms with Gasteiger partial charge in [0.25, 0.3) is 0 Å². The molecule has 2 aromatic heterocycles. The minimum Gasteiger partial charge on any atom is -0.255 e. The lowest BCUT2D eigenvalue weighted by Gasteiger charge is -1.91. The molecule has 0 amide bonds. The maximum Gasteiger partial charge on any atom is 0.151 e. The fourth-order valence-corrected chi connectivity index (χ4v) is 1.01. The summed E-state index contributed by atoms with van der Waals surface area (Å²) in [4.78, 5) is 12.4. The highest BCUT2D eigenvalue weighted by Gasteiger charge is 1.87. The fraction of sp³-hybridized carbons (Fsp3) is 0. The Bertz CT molecular complexity index is 368. The van der Waals surface area contributed by atoms with E-state index < -0.39 is 0 Å². The van der Waals surface area contributed by atoms with Crippen molar-refractivity contribution in [1.82, 2.24) is 9.97 Å². The van der Waals surface area contributed by atoms with Gasteiger partial charge in [0.05, 0.1) is 11.9 Å². The summed E-state index contributed by atoms with van der Waals surface area (Å²) in [5.41, 5.74) is 0.832. The van der Waals surface area contributed by atoms with E-state index in [1.807, 2.05) is 36.4 Å². The van der Waals surface area contributed by atoms with Crippen LogP contribution in [0.3, 0.4) is 0 Å². The van der Waals surface area contributed by atoms with Gasteiger partial charge in [0, 0.05) is 12.4 Å². The highest BCUT2D eigenvalue weighted by atomic mass is 14.9. The molecule has 0 aliphatic heterocycles. The maximum absolute atomic E-state index is 4.18. The van der Waals surface area contributed by atoms with E-state index in [0.717, 1.165) is 5.69 Å². The van der Waals surface area contributed by atoms with Gasteiger partial charge in [0.15, 0.2) is 5.82 Å². The Morgan fingerprint density at radius 3 is 2.36 bits per heavy atom. The molecule has 0 saturated carbocycles. The van der Waals surface area contributed by atoms with E-state index in [0.29, 0.717) is 5.82 Å². The monoisotopic (exact) mass is 183 g/mol. The summed E-state index contributed by atoms with van der Waals surface area (Å²) in [7, 11) is 0. The predicted octanol–water partition coefficient (Wildman–Crippen LogP) is 2.23. The van der Waals surface area contributed by atoms with Gasteiger partial charge in [-0.15, -0.1) is 0 Å². The molecule has 0 N–H and O–H groups in total. The summed E-state index contributed by atoms with van der Waals surface area (Å²) >= 11 is 0. The maximum atomic E-state index is 4.18. The first kappa shape index (κ1) is 8.56. The highest BCUT2D eigenvalue weighted by molar-refractivity contribution is 5.78. The molecule has 3 nitrogen and oxygen atoms in total. The molecule has 0 unspecified atom stereocenters. The summed E-state index contributed by atoms with van der Waals surface area (Å²) in [5.74, 6) is 0.693. The normalized spacial score (nSPS) is 10.6. The molecular formula is C11H9N3. The van der Waals surface area contributed by atoms with Crippen molar-refractivity contribution in [2.45, 2.75) is 0 Å². The highest BCUT2D eigenvalue weighted by Crippen LogP contribution is 2.04. The van der Waals surface area contributed by atoms with E-state index >= 15 is 0 Å². The van der Waals surface area contributed by atoms with E-state index in [1.165, 1.54) is 0 Å². The van der Waals surface area contributed by atoms with Gasteiger partial charge in [-0.1, -0.05) is 12.1 Å². The molecule has 0 fully saturated rings. The third-order valence-corrected chi connectivity index (χ3v) is 1.67. The van der Waals surface area contributed by atoms with Crippen molar-refractivity contribution in [1.29, 1.82) is 0 Å². The number of rotatable bonds is 2. The number of nitrogens with zero attached hydrogens (tertiary/aromatic N) is 3. The van der Waals surface area contributed by atoms with Crippen LogP contribution in [0.1, 0.15) is 5.69 Å². The van der Waals surface area contributed by atoms with Crippen LogP contribution in [0.2, 0.25) is 0 Å². The van der Waals surface area contributed by atoms with Crippen molar-refractivity contribution in [3.8, 4) is 0 Å². The molecule has 0 aromatic carbocycles. The van der Waals surface area contributed by atoms with E-state index in [1.54, 1.807) is 18.6 Å². The minimum atomic E-state index is 0.693. The number of pyridine rings is 2. The number of aromatic nitrogens is 2. The van der Waals surface area contributed by atoms with Crippen LogP contribution in [-0.2, 0) is 0 Å². The molecule has 0 saturated heterocycles. The Labute approximate surface area is 82.2 Å². The first-order chi connectivity index (χ1) is 6.95. The number of hydrogen-bond acceptors (Lipinski definition) is 3. The van der Waals surface area contributed by atoms with Gasteiger partial charge in [0.2, 0.25) is 0 Å². The van der Waals surface area contributed by atoms with Crippen LogP contribution in [0.5, 0.6) is 0 Å². The van der Waals surface area contributed by atoms with Crippen molar-refractivity contribution in [3.63, 3.8) is 0 Å². The van der Waals surface area contributed by atoms with E-state index in [9.17, 15) is 0 Å². The Kier molecular flexibility index (Phi) is 2.62. The van der Waals surface area contributed by atoms with Crippen molar-refractivity contribution >= 4 is 12.0 Å². The standard InChI is InChI=1S/C11H9N3/c1-3-7-12-10(5-1)9-14-11-6-2-4-8-13-11/h1-9H/b14-9+. The number of hydrogen-bond donors (Lipinski definition) is 0. The smallest absolute Gasteiger partial charge is 0.151 e. The van der Waals surface area contributed by atoms with Gasteiger partial charge >= 0.3 is 0 Å². The average molecular weight is 183 g/mol. The molecule has 2 heterocycles. The quantitative estimate of drug-likeness (QED) is 0.669. The zero-order valence-electron chi connectivity index (χ0n) is 7.54. The van der Waals surface area contributed by atoms with E-state index in [-0.39, 0.29) is 0 Å². The molecule has 68 valence electrons. The SMILES string of the molecule is C(=N\c1ccccn1)/c1ccccn1. The van der Waals surface area contributed by atoms with Gasteiger partial charge in [-0.25, -0.2) is 9.98 Å². The van der Waals surface area contributed by atoms with Gasteiger partial charge in [-0.05, 0) is 24.3 Å². The summed E-state index contributed by atoms with van der Waals surface area (Å²) < 4.78 is 0. The molecule has 0 bridgehead atoms. The lowest BCUT2D eigenvalue weighted by Crippen LogP contribution is -1.84. The Morgan fingerprint density at radius 1 is 0.929 bits per heavy atom. The summed E-state index contributed by atoms with van der Waals surface area (Å²) in [5, 5.41) is 0. The Balaban J connectivity index is 2.16. The molecule has 14 heavy (non-hydrogen) atoms. The summed E-state index contributed by atoms with van der Waals surface area (Å²) in [6.45, 7) is 0. The topological polar surface area (TPSA) is 38.1 Å². The second-order valence-electron chi connectivity index (χ2n) is 2.70. The van der Waals surface area contributed by atoms with Gasteiger partial charge in [-0.3, -0.25) is 4.98 Å². The molecular weight excluding hydrogens is 174 g/mol. The van der Waals surface area contributed by atoms with Crippen LogP contribution in [0.25, 0.3) is 0 Å². The van der Waals surface area contributed by atoms with Crippen molar-refractivity contribution in [3.05, 3.63) is 54.5 Å². The van der Waals surface area contributed by atoms with Crippen molar-refractivity contribution in [2.75, 3.05) is 0 Å². The molecule has 2 rings (SSSR count). The zero-order valence-corrected chi connectivity index (χ0v) is 7.54. The number of aliphatic imine (C=N–C) groups is 1. The van der Waals surface area contributed by atoms with Crippen LogP contribution in [0, 0.1) is 0 Å². The van der Waals surface area contributed by atoms with Crippen LogP contribution in [0.15, 0.2) is 53.8 Å². The first-order valence-electron chi connectivity index (χ1n) is 4.31. The summed E-state index contributed by atoms with van der Waals surface area (Å²) in [6, 6.07) is 11.3. The van der Waals surface area contributed by atoms with Gasteiger partial charge in [0.1, 0.15) is 0 Å². The molecule has 2 aromatic rings. The largest absolute Gasteiger partial charge is 0.255 e. The Morgan fingerprint density at radius 2 is 1.71 bits per heavy atom. The first-order valence-corrected chi connectivity index (χ1v) is 4.31. The van der Waals surface area contributed by atoms with Crippen molar-refractivity contribution in [2.24, 2.45) is 4.99 Å². The lowest BCUT2D eigenvalue weighted by molar-refractivity contribution is 1.26. The zero-order chi connectivity index (χ0) is 9.64. The van der Waals surface area contributed by atoms with E-state index in [2.05, 4.69) is 15.0 Å². The third-order valence-electron chi connectivity index (χ3n) is 1.67. The second-order valence-corrected chi connectivity index (χ2v) is 2.70. The molecule has 0 aliphatic rings. The molecule has 0 spiro atoms.